The number of rotatable bonds is 4. The first-order chi connectivity index (χ1) is 10.6. The van der Waals surface area contributed by atoms with E-state index >= 15 is 0 Å². The fourth-order valence-corrected chi connectivity index (χ4v) is 5.45. The predicted molar refractivity (Wildman–Crippen MR) is 101 cm³/mol. The normalized spacial score (nSPS) is 18.3. The van der Waals surface area contributed by atoms with Crippen LogP contribution in [0.15, 0.2) is 27.6 Å². The zero-order valence-corrected chi connectivity index (χ0v) is 17.8. The maximum absolute atomic E-state index is 12.7. The van der Waals surface area contributed by atoms with Crippen LogP contribution < -0.4 is 4.72 Å². The van der Waals surface area contributed by atoms with Gasteiger partial charge in [-0.3, -0.25) is 4.90 Å². The van der Waals surface area contributed by atoms with Gasteiger partial charge in [0.25, 0.3) is 0 Å². The van der Waals surface area contributed by atoms with E-state index in [1.165, 1.54) is 0 Å². The number of alkyl halides is 1. The minimum absolute atomic E-state index is 0.00502. The van der Waals surface area contributed by atoms with Gasteiger partial charge in [0.15, 0.2) is 0 Å². The molecule has 1 aromatic carbocycles. The SMILES string of the molecule is CC(C)(C)N1CCC(NS(=O)(=O)c2ccc(Br)cc2CBr)CC1. The number of likely N-dealkylation sites (tertiary alicyclic amines) is 1. The van der Waals surface area contributed by atoms with Gasteiger partial charge in [0.05, 0.1) is 4.90 Å². The molecule has 0 amide bonds. The number of nitrogens with one attached hydrogen (secondary N) is 1. The summed E-state index contributed by atoms with van der Waals surface area (Å²) in [6.45, 7) is 8.43. The van der Waals surface area contributed by atoms with E-state index in [2.05, 4.69) is 62.3 Å². The maximum atomic E-state index is 12.7. The summed E-state index contributed by atoms with van der Waals surface area (Å²) < 4.78 is 29.2. The Labute approximate surface area is 156 Å². The second-order valence-electron chi connectivity index (χ2n) is 6.94. The number of benzene rings is 1. The van der Waals surface area contributed by atoms with Gasteiger partial charge in [0.1, 0.15) is 0 Å². The van der Waals surface area contributed by atoms with Gasteiger partial charge in [0, 0.05) is 34.5 Å². The van der Waals surface area contributed by atoms with E-state index in [4.69, 9.17) is 0 Å². The fraction of sp³-hybridized carbons (Fsp3) is 0.625. The molecule has 0 atom stereocenters. The standard InChI is InChI=1S/C16H24Br2N2O2S/c1-16(2,3)20-8-6-14(7-9-20)19-23(21,22)15-5-4-13(18)10-12(15)11-17/h4-5,10,14,19H,6-9,11H2,1-3H3. The Morgan fingerprint density at radius 2 is 1.87 bits per heavy atom. The van der Waals surface area contributed by atoms with Gasteiger partial charge in [-0.1, -0.05) is 31.9 Å². The second-order valence-corrected chi connectivity index (χ2v) is 10.1. The second kappa shape index (κ2) is 7.52. The van der Waals surface area contributed by atoms with Crippen LogP contribution in [0.4, 0.5) is 0 Å². The van der Waals surface area contributed by atoms with Crippen LogP contribution in [0.2, 0.25) is 0 Å². The first-order valence-electron chi connectivity index (χ1n) is 7.75. The minimum Gasteiger partial charge on any atom is -0.298 e. The summed E-state index contributed by atoms with van der Waals surface area (Å²) in [5.74, 6) is 0. The largest absolute Gasteiger partial charge is 0.298 e. The number of hydrogen-bond donors (Lipinski definition) is 1. The van der Waals surface area contributed by atoms with Crippen LogP contribution in [0.5, 0.6) is 0 Å². The minimum atomic E-state index is -3.49. The number of halogens is 2. The van der Waals surface area contributed by atoms with Crippen molar-refractivity contribution in [2.24, 2.45) is 0 Å². The van der Waals surface area contributed by atoms with Crippen molar-refractivity contribution < 1.29 is 8.42 Å². The van der Waals surface area contributed by atoms with Crippen molar-refractivity contribution in [3.63, 3.8) is 0 Å². The summed E-state index contributed by atoms with van der Waals surface area (Å²) in [7, 11) is -3.49. The first kappa shape index (κ1) is 19.4. The molecular weight excluding hydrogens is 444 g/mol. The lowest BCUT2D eigenvalue weighted by molar-refractivity contribution is 0.100. The molecule has 1 fully saturated rings. The zero-order valence-electron chi connectivity index (χ0n) is 13.8. The van der Waals surface area contributed by atoms with Gasteiger partial charge < -0.3 is 0 Å². The predicted octanol–water partition coefficient (Wildman–Crippen LogP) is 3.89. The number of piperidine rings is 1. The molecule has 4 nitrogen and oxygen atoms in total. The van der Waals surface area contributed by atoms with E-state index in [-0.39, 0.29) is 11.6 Å². The Bertz CT molecular complexity index is 649. The highest BCUT2D eigenvalue weighted by atomic mass is 79.9. The Morgan fingerprint density at radius 3 is 2.39 bits per heavy atom. The van der Waals surface area contributed by atoms with Crippen molar-refractivity contribution in [3.8, 4) is 0 Å². The van der Waals surface area contributed by atoms with Crippen LogP contribution >= 0.6 is 31.9 Å². The lowest BCUT2D eigenvalue weighted by Gasteiger charge is -2.40. The van der Waals surface area contributed by atoms with Crippen LogP contribution in [-0.4, -0.2) is 38.0 Å². The zero-order chi connectivity index (χ0) is 17.3. The quantitative estimate of drug-likeness (QED) is 0.683. The van der Waals surface area contributed by atoms with Gasteiger partial charge in [-0.25, -0.2) is 13.1 Å². The van der Waals surface area contributed by atoms with Crippen LogP contribution in [0, 0.1) is 0 Å². The van der Waals surface area contributed by atoms with Crippen molar-refractivity contribution in [3.05, 3.63) is 28.2 Å². The van der Waals surface area contributed by atoms with Gasteiger partial charge in [-0.15, -0.1) is 0 Å². The molecule has 1 aliphatic heterocycles. The number of nitrogens with zero attached hydrogens (tertiary/aromatic N) is 1. The molecular formula is C16H24Br2N2O2S. The number of hydrogen-bond acceptors (Lipinski definition) is 3. The molecule has 1 N–H and O–H groups in total. The highest BCUT2D eigenvalue weighted by molar-refractivity contribution is 9.10. The van der Waals surface area contributed by atoms with Crippen LogP contribution in [0.3, 0.4) is 0 Å². The third kappa shape index (κ3) is 5.01. The van der Waals surface area contributed by atoms with E-state index in [1.807, 2.05) is 6.07 Å². The van der Waals surface area contributed by atoms with Gasteiger partial charge >= 0.3 is 0 Å². The smallest absolute Gasteiger partial charge is 0.241 e. The van der Waals surface area contributed by atoms with Gasteiger partial charge in [-0.2, -0.15) is 0 Å². The average molecular weight is 468 g/mol. The molecule has 130 valence electrons. The van der Waals surface area contributed by atoms with Crippen molar-refractivity contribution >= 4 is 41.9 Å². The summed E-state index contributed by atoms with van der Waals surface area (Å²) in [4.78, 5) is 2.76. The molecule has 0 aromatic heterocycles. The van der Waals surface area contributed by atoms with Crippen molar-refractivity contribution in [2.45, 2.75) is 55.4 Å². The molecule has 2 rings (SSSR count). The molecule has 1 heterocycles. The van der Waals surface area contributed by atoms with Crippen molar-refractivity contribution in [2.75, 3.05) is 13.1 Å². The Morgan fingerprint density at radius 1 is 1.26 bits per heavy atom. The summed E-state index contributed by atoms with van der Waals surface area (Å²) in [6.07, 6.45) is 1.69. The molecule has 0 bridgehead atoms. The molecule has 0 spiro atoms. The van der Waals surface area contributed by atoms with E-state index in [0.29, 0.717) is 10.2 Å². The van der Waals surface area contributed by atoms with Crippen LogP contribution in [0.25, 0.3) is 0 Å². The van der Waals surface area contributed by atoms with E-state index < -0.39 is 10.0 Å². The highest BCUT2D eigenvalue weighted by Crippen LogP contribution is 2.25. The molecule has 0 saturated carbocycles. The molecule has 1 saturated heterocycles. The first-order valence-corrected chi connectivity index (χ1v) is 11.1. The molecule has 0 aliphatic carbocycles. The van der Waals surface area contributed by atoms with E-state index in [9.17, 15) is 8.42 Å². The lowest BCUT2D eigenvalue weighted by Crippen LogP contribution is -2.50. The van der Waals surface area contributed by atoms with Gasteiger partial charge in [-0.05, 0) is 57.4 Å². The third-order valence-corrected chi connectivity index (χ3v) is 6.94. The summed E-state index contributed by atoms with van der Waals surface area (Å²) in [5.41, 5.74) is 0.901. The van der Waals surface area contributed by atoms with E-state index in [0.717, 1.165) is 36.0 Å². The molecule has 23 heavy (non-hydrogen) atoms. The monoisotopic (exact) mass is 466 g/mol. The number of sulfonamides is 1. The van der Waals surface area contributed by atoms with Crippen LogP contribution in [0.1, 0.15) is 39.2 Å². The Hall–Kier alpha value is 0.0500. The average Bonchev–Trinajstić information content (AvgIpc) is 2.46. The van der Waals surface area contributed by atoms with E-state index in [1.54, 1.807) is 12.1 Å². The molecule has 1 aromatic rings. The van der Waals surface area contributed by atoms with Gasteiger partial charge in [0.2, 0.25) is 10.0 Å². The summed E-state index contributed by atoms with van der Waals surface area (Å²) in [6, 6.07) is 5.27. The van der Waals surface area contributed by atoms with Crippen molar-refractivity contribution in [1.82, 2.24) is 9.62 Å². The fourth-order valence-electron chi connectivity index (χ4n) is 2.87. The maximum Gasteiger partial charge on any atom is 0.241 e. The Kier molecular flexibility index (Phi) is 6.33. The Balaban J connectivity index is 2.09. The van der Waals surface area contributed by atoms with Crippen LogP contribution in [-0.2, 0) is 15.4 Å². The molecule has 1 aliphatic rings. The highest BCUT2D eigenvalue weighted by Gasteiger charge is 2.30. The van der Waals surface area contributed by atoms with Crippen molar-refractivity contribution in [1.29, 1.82) is 0 Å². The molecule has 0 radical (unpaired) electrons. The topological polar surface area (TPSA) is 49.4 Å². The molecule has 0 unspecified atom stereocenters. The summed E-state index contributed by atoms with van der Waals surface area (Å²) >= 11 is 6.76. The molecule has 7 heteroatoms. The third-order valence-electron chi connectivity index (χ3n) is 4.22. The summed E-state index contributed by atoms with van der Waals surface area (Å²) in [5, 5.41) is 0.505. The lowest BCUT2D eigenvalue weighted by atomic mass is 9.99.